The van der Waals surface area contributed by atoms with Crippen molar-refractivity contribution in [2.24, 2.45) is 5.92 Å². The van der Waals surface area contributed by atoms with Gasteiger partial charge < -0.3 is 19.3 Å². The zero-order valence-electron chi connectivity index (χ0n) is 22.3. The number of thiazole rings is 1. The van der Waals surface area contributed by atoms with Crippen molar-refractivity contribution >= 4 is 45.2 Å². The van der Waals surface area contributed by atoms with Crippen LogP contribution in [0.15, 0.2) is 41.8 Å². The lowest BCUT2D eigenvalue weighted by Crippen LogP contribution is -2.42. The van der Waals surface area contributed by atoms with Gasteiger partial charge in [0.2, 0.25) is 0 Å². The van der Waals surface area contributed by atoms with Gasteiger partial charge in [-0.2, -0.15) is 0 Å². The van der Waals surface area contributed by atoms with Crippen LogP contribution in [0.2, 0.25) is 5.02 Å². The van der Waals surface area contributed by atoms with Crippen LogP contribution in [0.3, 0.4) is 0 Å². The molecule has 1 N–H and O–H groups in total. The molecule has 7 nitrogen and oxygen atoms in total. The standard InChI is InChI=1S/C29H34ClN3O4S2/c1-19-13-21(16-32-9-11-39(36)12-10-32)3-4-23(19)17-37-27-6-5-24(30)15-25(27)26-18-38-29(31-26)33-8-7-22(28(34)35)14-20(33)2/h3-6,13,15,18,20,22H,7-12,14,16-17H2,1-2H3,(H,34,35). The number of aliphatic carboxylic acids is 1. The minimum atomic E-state index is -0.715. The largest absolute Gasteiger partial charge is 0.616 e. The number of nitrogens with zero attached hydrogens (tertiary/aromatic N) is 3. The van der Waals surface area contributed by atoms with E-state index in [-0.39, 0.29) is 12.0 Å². The van der Waals surface area contributed by atoms with Gasteiger partial charge in [0.1, 0.15) is 23.9 Å². The summed E-state index contributed by atoms with van der Waals surface area (Å²) in [5.41, 5.74) is 5.20. The minimum Gasteiger partial charge on any atom is -0.616 e. The van der Waals surface area contributed by atoms with E-state index in [1.54, 1.807) is 11.3 Å². The third-order valence-corrected chi connectivity index (χ3v) is 10.0. The number of piperidine rings is 1. The van der Waals surface area contributed by atoms with Crippen molar-refractivity contribution in [1.82, 2.24) is 9.88 Å². The van der Waals surface area contributed by atoms with Crippen molar-refractivity contribution in [2.45, 2.75) is 45.9 Å². The van der Waals surface area contributed by atoms with Gasteiger partial charge in [0.15, 0.2) is 5.13 Å². The third kappa shape index (κ3) is 6.89. The molecule has 0 amide bonds. The summed E-state index contributed by atoms with van der Waals surface area (Å²) in [7, 11) is 0. The van der Waals surface area contributed by atoms with E-state index in [9.17, 15) is 14.5 Å². The highest BCUT2D eigenvalue weighted by Crippen LogP contribution is 2.38. The Morgan fingerprint density at radius 1 is 1.23 bits per heavy atom. The Labute approximate surface area is 241 Å². The van der Waals surface area contributed by atoms with E-state index < -0.39 is 17.1 Å². The van der Waals surface area contributed by atoms with Crippen LogP contribution in [0.25, 0.3) is 11.3 Å². The number of anilines is 1. The number of hydrogen-bond acceptors (Lipinski definition) is 7. The van der Waals surface area contributed by atoms with Crippen molar-refractivity contribution < 1.29 is 19.2 Å². The molecular formula is C29H34ClN3O4S2. The number of ether oxygens (including phenoxy) is 1. The van der Waals surface area contributed by atoms with Gasteiger partial charge in [-0.15, -0.1) is 11.3 Å². The molecule has 10 heteroatoms. The summed E-state index contributed by atoms with van der Waals surface area (Å²) in [6, 6.07) is 12.2. The molecular weight excluding hydrogens is 554 g/mol. The first-order valence-electron chi connectivity index (χ1n) is 13.3. The Morgan fingerprint density at radius 2 is 2.03 bits per heavy atom. The highest BCUT2D eigenvalue weighted by molar-refractivity contribution is 7.91. The fraction of sp³-hybridized carbons (Fsp3) is 0.448. The summed E-state index contributed by atoms with van der Waals surface area (Å²) in [6.45, 7) is 7.92. The summed E-state index contributed by atoms with van der Waals surface area (Å²) in [4.78, 5) is 20.9. The number of carboxylic acids is 1. The molecule has 208 valence electrons. The maximum Gasteiger partial charge on any atom is 0.306 e. The lowest BCUT2D eigenvalue weighted by Gasteiger charge is -2.36. The van der Waals surface area contributed by atoms with E-state index in [4.69, 9.17) is 21.3 Å². The van der Waals surface area contributed by atoms with Crippen LogP contribution in [0, 0.1) is 12.8 Å². The first kappa shape index (κ1) is 28.2. The Balaban J connectivity index is 1.26. The predicted octanol–water partition coefficient (Wildman–Crippen LogP) is 5.60. The van der Waals surface area contributed by atoms with Gasteiger partial charge in [-0.05, 0) is 61.6 Å². The number of aromatic nitrogens is 1. The summed E-state index contributed by atoms with van der Waals surface area (Å²) < 4.78 is 18.0. The van der Waals surface area contributed by atoms with E-state index in [1.165, 1.54) is 11.1 Å². The molecule has 2 aliphatic rings. The Hall–Kier alpha value is -2.30. The van der Waals surface area contributed by atoms with Gasteiger partial charge in [0.05, 0.1) is 11.6 Å². The van der Waals surface area contributed by atoms with Crippen LogP contribution < -0.4 is 9.64 Å². The topological polar surface area (TPSA) is 89.0 Å². The third-order valence-electron chi connectivity index (χ3n) is 7.65. The van der Waals surface area contributed by atoms with E-state index in [2.05, 4.69) is 41.8 Å². The van der Waals surface area contributed by atoms with Crippen LogP contribution in [0.5, 0.6) is 5.75 Å². The smallest absolute Gasteiger partial charge is 0.306 e. The fourth-order valence-corrected chi connectivity index (χ4v) is 7.55. The van der Waals surface area contributed by atoms with Crippen LogP contribution in [-0.4, -0.2) is 62.7 Å². The number of benzene rings is 2. The normalized spacial score (nSPS) is 20.8. The molecule has 1 aromatic heterocycles. The molecule has 0 saturated carbocycles. The van der Waals surface area contributed by atoms with Gasteiger partial charge in [-0.25, -0.2) is 4.98 Å². The zero-order valence-corrected chi connectivity index (χ0v) is 24.7. The fourth-order valence-electron chi connectivity index (χ4n) is 5.29. The molecule has 5 rings (SSSR count). The molecule has 0 bridgehead atoms. The first-order chi connectivity index (χ1) is 18.8. The monoisotopic (exact) mass is 587 g/mol. The zero-order chi connectivity index (χ0) is 27.5. The molecule has 2 saturated heterocycles. The Kier molecular flexibility index (Phi) is 9.03. The van der Waals surface area contributed by atoms with Gasteiger partial charge >= 0.3 is 5.97 Å². The van der Waals surface area contributed by atoms with Crippen LogP contribution >= 0.6 is 22.9 Å². The van der Waals surface area contributed by atoms with E-state index in [0.717, 1.165) is 58.8 Å². The quantitative estimate of drug-likeness (QED) is 0.343. The van der Waals surface area contributed by atoms with Gasteiger partial charge in [0.25, 0.3) is 0 Å². The maximum absolute atomic E-state index is 11.6. The molecule has 2 fully saturated rings. The van der Waals surface area contributed by atoms with Gasteiger partial charge in [-0.1, -0.05) is 41.0 Å². The van der Waals surface area contributed by atoms with E-state index in [1.807, 2.05) is 23.6 Å². The molecule has 3 heterocycles. The molecule has 2 aromatic carbocycles. The van der Waals surface area contributed by atoms with Crippen molar-refractivity contribution in [3.8, 4) is 17.0 Å². The van der Waals surface area contributed by atoms with E-state index >= 15 is 0 Å². The number of carboxylic acid groups (broad SMARTS) is 1. The second kappa shape index (κ2) is 12.5. The average Bonchev–Trinajstić information content (AvgIpc) is 3.40. The average molecular weight is 588 g/mol. The minimum absolute atomic E-state index is 0.110. The highest BCUT2D eigenvalue weighted by Gasteiger charge is 2.31. The Morgan fingerprint density at radius 3 is 2.74 bits per heavy atom. The molecule has 0 radical (unpaired) electrons. The number of hydrogen-bond donors (Lipinski definition) is 1. The van der Waals surface area contributed by atoms with Crippen LogP contribution in [-0.2, 0) is 29.1 Å². The van der Waals surface area contributed by atoms with Gasteiger partial charge in [-0.3, -0.25) is 9.69 Å². The lowest BCUT2D eigenvalue weighted by atomic mass is 9.92. The number of aryl methyl sites for hydroxylation is 1. The summed E-state index contributed by atoms with van der Waals surface area (Å²) >= 11 is 7.27. The van der Waals surface area contributed by atoms with Crippen molar-refractivity contribution in [1.29, 1.82) is 0 Å². The van der Waals surface area contributed by atoms with Crippen LogP contribution in [0.4, 0.5) is 5.13 Å². The number of halogens is 1. The molecule has 2 atom stereocenters. The first-order valence-corrected chi connectivity index (χ1v) is 16.0. The van der Waals surface area contributed by atoms with Crippen molar-refractivity contribution in [2.75, 3.05) is 36.0 Å². The summed E-state index contributed by atoms with van der Waals surface area (Å²) in [5, 5.41) is 12.9. The molecule has 0 spiro atoms. The lowest BCUT2D eigenvalue weighted by molar-refractivity contribution is -0.142. The summed E-state index contributed by atoms with van der Waals surface area (Å²) in [6.07, 6.45) is 1.24. The summed E-state index contributed by atoms with van der Waals surface area (Å²) in [5.74, 6) is 1.23. The second-order valence-corrected chi connectivity index (χ2v) is 13.4. The van der Waals surface area contributed by atoms with Crippen molar-refractivity contribution in [3.05, 3.63) is 63.5 Å². The van der Waals surface area contributed by atoms with Crippen molar-refractivity contribution in [3.63, 3.8) is 0 Å². The highest BCUT2D eigenvalue weighted by atomic mass is 35.5. The molecule has 3 aromatic rings. The van der Waals surface area contributed by atoms with Gasteiger partial charge in [0, 0.05) is 48.2 Å². The molecule has 0 aliphatic carbocycles. The second-order valence-electron chi connectivity index (χ2n) is 10.4. The molecule has 2 unspecified atom stereocenters. The van der Waals surface area contributed by atoms with E-state index in [0.29, 0.717) is 31.0 Å². The number of carbonyl (C=O) groups is 1. The van der Waals surface area contributed by atoms with Crippen LogP contribution in [0.1, 0.15) is 36.5 Å². The number of rotatable bonds is 8. The molecule has 39 heavy (non-hydrogen) atoms. The maximum atomic E-state index is 11.6. The Bertz CT molecular complexity index is 1310. The SMILES string of the molecule is Cc1cc(CN2CC[S+]([O-])CC2)ccc1COc1ccc(Cl)cc1-c1csc(N2CCC(C(=O)O)CC2C)n1. The predicted molar refractivity (Wildman–Crippen MR) is 158 cm³/mol. The molecule has 2 aliphatic heterocycles.